The maximum atomic E-state index is 8.44. The summed E-state index contributed by atoms with van der Waals surface area (Å²) in [6.45, 7) is 1.02. The van der Waals surface area contributed by atoms with E-state index in [1.54, 1.807) is 0 Å². The number of rotatable bonds is 4. The lowest BCUT2D eigenvalue weighted by atomic mass is 10.4. The Kier molecular flexibility index (Phi) is 1.83. The molecule has 0 N–H and O–H groups in total. The van der Waals surface area contributed by atoms with Gasteiger partial charge in [-0.05, 0) is 25.7 Å². The van der Waals surface area contributed by atoms with E-state index in [-0.39, 0.29) is 0 Å². The minimum atomic E-state index is 0.715. The molecule has 0 saturated heterocycles. The van der Waals surface area contributed by atoms with Crippen molar-refractivity contribution in [3.63, 3.8) is 0 Å². The Morgan fingerprint density at radius 3 is 2.09 bits per heavy atom. The molecular weight excluding hydrogens is 136 g/mol. The summed E-state index contributed by atoms with van der Waals surface area (Å²) in [5.74, 6) is 0. The summed E-state index contributed by atoms with van der Waals surface area (Å²) in [7, 11) is 0. The van der Waals surface area contributed by atoms with E-state index in [9.17, 15) is 0 Å². The fourth-order valence-corrected chi connectivity index (χ4v) is 1.65. The van der Waals surface area contributed by atoms with Crippen LogP contribution in [0.4, 0.5) is 0 Å². The van der Waals surface area contributed by atoms with E-state index < -0.39 is 0 Å². The SMILES string of the molecule is N#CCCN(C1CC1)C1CC1. The molecule has 2 rings (SSSR count). The smallest absolute Gasteiger partial charge is 0.0635 e. The Morgan fingerprint density at radius 1 is 1.18 bits per heavy atom. The summed E-state index contributed by atoms with van der Waals surface area (Å²) in [6.07, 6.45) is 6.22. The van der Waals surface area contributed by atoms with Gasteiger partial charge in [-0.25, -0.2) is 0 Å². The van der Waals surface area contributed by atoms with E-state index in [1.807, 2.05) is 0 Å². The molecule has 0 aromatic carbocycles. The van der Waals surface area contributed by atoms with Crippen molar-refractivity contribution in [3.05, 3.63) is 0 Å². The van der Waals surface area contributed by atoms with Crippen LogP contribution in [0.15, 0.2) is 0 Å². The van der Waals surface area contributed by atoms with Crippen LogP contribution in [0.5, 0.6) is 0 Å². The predicted octanol–water partition coefficient (Wildman–Crippen LogP) is 1.53. The molecule has 0 atom stereocenters. The van der Waals surface area contributed by atoms with Gasteiger partial charge in [0.15, 0.2) is 0 Å². The predicted molar refractivity (Wildman–Crippen MR) is 43.0 cm³/mol. The normalized spacial score (nSPS) is 23.6. The summed E-state index contributed by atoms with van der Waals surface area (Å²) in [5, 5.41) is 8.44. The molecule has 0 aromatic rings. The Hall–Kier alpha value is -0.550. The van der Waals surface area contributed by atoms with Gasteiger partial charge in [0.1, 0.15) is 0 Å². The number of hydrogen-bond donors (Lipinski definition) is 0. The van der Waals surface area contributed by atoms with Gasteiger partial charge in [-0.15, -0.1) is 0 Å². The molecule has 0 unspecified atom stereocenters. The van der Waals surface area contributed by atoms with Crippen molar-refractivity contribution in [2.45, 2.75) is 44.2 Å². The molecule has 0 spiro atoms. The quantitative estimate of drug-likeness (QED) is 0.607. The van der Waals surface area contributed by atoms with Gasteiger partial charge in [0.2, 0.25) is 0 Å². The van der Waals surface area contributed by atoms with Crippen molar-refractivity contribution in [1.29, 1.82) is 5.26 Å². The highest BCUT2D eigenvalue weighted by atomic mass is 15.2. The van der Waals surface area contributed by atoms with Gasteiger partial charge in [-0.3, -0.25) is 4.90 Å². The van der Waals surface area contributed by atoms with E-state index in [1.165, 1.54) is 25.7 Å². The topological polar surface area (TPSA) is 27.0 Å². The maximum absolute atomic E-state index is 8.44. The average Bonchev–Trinajstić information content (AvgIpc) is 2.85. The number of nitriles is 1. The van der Waals surface area contributed by atoms with E-state index in [0.29, 0.717) is 6.42 Å². The van der Waals surface area contributed by atoms with Crippen molar-refractivity contribution >= 4 is 0 Å². The largest absolute Gasteiger partial charge is 0.296 e. The third kappa shape index (κ3) is 1.72. The molecule has 0 radical (unpaired) electrons. The first-order valence-corrected chi connectivity index (χ1v) is 4.54. The van der Waals surface area contributed by atoms with Crippen molar-refractivity contribution < 1.29 is 0 Å². The second-order valence-electron chi connectivity index (χ2n) is 3.61. The Labute approximate surface area is 67.8 Å². The summed E-state index contributed by atoms with van der Waals surface area (Å²) < 4.78 is 0. The van der Waals surface area contributed by atoms with Crippen molar-refractivity contribution in [2.24, 2.45) is 0 Å². The van der Waals surface area contributed by atoms with Crippen LogP contribution in [-0.2, 0) is 0 Å². The third-order valence-corrected chi connectivity index (χ3v) is 2.51. The van der Waals surface area contributed by atoms with Gasteiger partial charge >= 0.3 is 0 Å². The van der Waals surface area contributed by atoms with Gasteiger partial charge < -0.3 is 0 Å². The highest BCUT2D eigenvalue weighted by Gasteiger charge is 2.38. The number of hydrogen-bond acceptors (Lipinski definition) is 2. The molecule has 2 saturated carbocycles. The van der Waals surface area contributed by atoms with E-state index >= 15 is 0 Å². The molecule has 0 aromatic heterocycles. The Bertz CT molecular complexity index is 162. The van der Waals surface area contributed by atoms with Gasteiger partial charge in [-0.1, -0.05) is 0 Å². The van der Waals surface area contributed by atoms with Crippen LogP contribution in [-0.4, -0.2) is 23.5 Å². The first-order valence-electron chi connectivity index (χ1n) is 4.54. The standard InChI is InChI=1S/C9H14N2/c10-6-1-7-11(8-2-3-8)9-4-5-9/h8-9H,1-5,7H2. The monoisotopic (exact) mass is 150 g/mol. The zero-order valence-electron chi connectivity index (χ0n) is 6.79. The molecule has 0 aliphatic heterocycles. The molecule has 11 heavy (non-hydrogen) atoms. The summed E-state index contributed by atoms with van der Waals surface area (Å²) >= 11 is 0. The Morgan fingerprint density at radius 2 is 1.73 bits per heavy atom. The van der Waals surface area contributed by atoms with E-state index in [2.05, 4.69) is 11.0 Å². The zero-order valence-corrected chi connectivity index (χ0v) is 6.79. The molecule has 2 fully saturated rings. The maximum Gasteiger partial charge on any atom is 0.0635 e. The van der Waals surface area contributed by atoms with Gasteiger partial charge in [0.05, 0.1) is 6.07 Å². The minimum absolute atomic E-state index is 0.715. The number of nitrogens with zero attached hydrogens (tertiary/aromatic N) is 2. The second-order valence-corrected chi connectivity index (χ2v) is 3.61. The fourth-order valence-electron chi connectivity index (χ4n) is 1.65. The molecule has 2 aliphatic rings. The van der Waals surface area contributed by atoms with Gasteiger partial charge in [0.25, 0.3) is 0 Å². The van der Waals surface area contributed by atoms with Crippen LogP contribution in [0, 0.1) is 11.3 Å². The minimum Gasteiger partial charge on any atom is -0.296 e. The van der Waals surface area contributed by atoms with Crippen molar-refractivity contribution in [3.8, 4) is 6.07 Å². The molecule has 2 heteroatoms. The molecule has 2 nitrogen and oxygen atoms in total. The van der Waals surface area contributed by atoms with Crippen LogP contribution in [0.2, 0.25) is 0 Å². The molecule has 0 bridgehead atoms. The van der Waals surface area contributed by atoms with Crippen LogP contribution in [0.25, 0.3) is 0 Å². The van der Waals surface area contributed by atoms with Gasteiger partial charge in [0, 0.05) is 25.0 Å². The molecule has 0 amide bonds. The summed E-state index contributed by atoms with van der Waals surface area (Å²) in [6, 6.07) is 3.94. The van der Waals surface area contributed by atoms with Crippen molar-refractivity contribution in [2.75, 3.05) is 6.54 Å². The van der Waals surface area contributed by atoms with Crippen LogP contribution < -0.4 is 0 Å². The molecule has 60 valence electrons. The summed E-state index contributed by atoms with van der Waals surface area (Å²) in [4.78, 5) is 2.54. The summed E-state index contributed by atoms with van der Waals surface area (Å²) in [5.41, 5.74) is 0. The van der Waals surface area contributed by atoms with Gasteiger partial charge in [-0.2, -0.15) is 5.26 Å². The lowest BCUT2D eigenvalue weighted by molar-refractivity contribution is 0.259. The average molecular weight is 150 g/mol. The molecule has 0 heterocycles. The van der Waals surface area contributed by atoms with E-state index in [0.717, 1.165) is 18.6 Å². The van der Waals surface area contributed by atoms with Crippen LogP contribution in [0.1, 0.15) is 32.1 Å². The van der Waals surface area contributed by atoms with Crippen molar-refractivity contribution in [1.82, 2.24) is 4.90 Å². The first kappa shape index (κ1) is 7.12. The Balaban J connectivity index is 1.78. The first-order chi connectivity index (χ1) is 5.42. The third-order valence-electron chi connectivity index (χ3n) is 2.51. The molecule has 2 aliphatic carbocycles. The van der Waals surface area contributed by atoms with Crippen LogP contribution in [0.3, 0.4) is 0 Å². The molecular formula is C9H14N2. The van der Waals surface area contributed by atoms with E-state index in [4.69, 9.17) is 5.26 Å². The lowest BCUT2D eigenvalue weighted by Crippen LogP contribution is -2.29. The lowest BCUT2D eigenvalue weighted by Gasteiger charge is -2.19. The van der Waals surface area contributed by atoms with Crippen LogP contribution >= 0.6 is 0 Å². The highest BCUT2D eigenvalue weighted by molar-refractivity contribution is 4.95. The zero-order chi connectivity index (χ0) is 7.68. The fraction of sp³-hybridized carbons (Fsp3) is 0.889. The second kappa shape index (κ2) is 2.83. The highest BCUT2D eigenvalue weighted by Crippen LogP contribution is 2.36.